The number of nitrogens with zero attached hydrogens (tertiary/aromatic N) is 4. The Balaban J connectivity index is 1.51. The Labute approximate surface area is 232 Å². The lowest BCUT2D eigenvalue weighted by Gasteiger charge is -2.31. The van der Waals surface area contributed by atoms with Gasteiger partial charge in [-0.1, -0.05) is 48.0 Å². The number of hydrogen-bond acceptors (Lipinski definition) is 3. The lowest BCUT2D eigenvalue weighted by Crippen LogP contribution is -2.38. The van der Waals surface area contributed by atoms with Crippen molar-refractivity contribution in [1.29, 1.82) is 0 Å². The van der Waals surface area contributed by atoms with Gasteiger partial charge >= 0.3 is 6.03 Å². The molecule has 0 bridgehead atoms. The summed E-state index contributed by atoms with van der Waals surface area (Å²) in [7, 11) is 0. The molecule has 0 radical (unpaired) electrons. The second-order valence-corrected chi connectivity index (χ2v) is 9.85. The van der Waals surface area contributed by atoms with Crippen molar-refractivity contribution in [3.63, 3.8) is 0 Å². The first-order chi connectivity index (χ1) is 19.0. The minimum absolute atomic E-state index is 0.233. The molecule has 0 fully saturated rings. The van der Waals surface area contributed by atoms with Gasteiger partial charge in [0.15, 0.2) is 0 Å². The molecule has 8 heteroatoms. The van der Waals surface area contributed by atoms with Crippen molar-refractivity contribution in [2.24, 2.45) is 0 Å². The topological polar surface area (TPSA) is 64.3 Å². The van der Waals surface area contributed by atoms with Gasteiger partial charge in [0.1, 0.15) is 11.6 Å². The van der Waals surface area contributed by atoms with Crippen LogP contribution in [0.5, 0.6) is 5.75 Å². The van der Waals surface area contributed by atoms with E-state index in [0.717, 1.165) is 39.8 Å². The predicted octanol–water partition coefficient (Wildman–Crippen LogP) is 7.16. The lowest BCUT2D eigenvalue weighted by atomic mass is 10.0. The van der Waals surface area contributed by atoms with E-state index in [9.17, 15) is 4.79 Å². The Hall–Kier alpha value is -4.49. The molecule has 6 rings (SSSR count). The zero-order valence-electron chi connectivity index (χ0n) is 21.7. The van der Waals surface area contributed by atoms with Gasteiger partial charge in [0, 0.05) is 22.5 Å². The fraction of sp³-hybridized carbons (Fsp3) is 0.161. The van der Waals surface area contributed by atoms with Crippen molar-refractivity contribution in [3.05, 3.63) is 125 Å². The van der Waals surface area contributed by atoms with Gasteiger partial charge in [-0.15, -0.1) is 0 Å². The second kappa shape index (κ2) is 10.3. The molecule has 3 heterocycles. The molecular weight excluding hydrogens is 510 g/mol. The maximum Gasteiger partial charge on any atom is 0.322 e. The number of nitrogens with one attached hydrogen (secondary N) is 1. The third-order valence-corrected chi connectivity index (χ3v) is 7.17. The van der Waals surface area contributed by atoms with Gasteiger partial charge in [-0.05, 0) is 74.0 Å². The molecule has 2 aromatic heterocycles. The van der Waals surface area contributed by atoms with Crippen LogP contribution in [0, 0.1) is 6.92 Å². The van der Waals surface area contributed by atoms with Crippen LogP contribution in [-0.4, -0.2) is 31.9 Å². The van der Waals surface area contributed by atoms with Crippen LogP contribution >= 0.6 is 11.6 Å². The highest BCUT2D eigenvalue weighted by Crippen LogP contribution is 2.39. The number of benzene rings is 3. The molecule has 7 nitrogen and oxygen atoms in total. The minimum Gasteiger partial charge on any atom is -0.494 e. The third kappa shape index (κ3) is 4.66. The lowest BCUT2D eigenvalue weighted by molar-refractivity contribution is 0.194. The highest BCUT2D eigenvalue weighted by atomic mass is 35.5. The largest absolute Gasteiger partial charge is 0.494 e. The SMILES string of the molecule is CCOc1ccc([C@@H]2c3cccn3-c3c(c(C)nn3-c3ccccc3)CN2C(=O)Nc2cccc(Cl)c2)cc1. The molecule has 2 amide bonds. The number of aryl methyl sites for hydroxylation is 1. The number of carbonyl (C=O) groups excluding carboxylic acids is 1. The number of aromatic nitrogens is 3. The molecule has 0 unspecified atom stereocenters. The highest BCUT2D eigenvalue weighted by molar-refractivity contribution is 6.30. The number of fused-ring (bicyclic) bond motifs is 3. The van der Waals surface area contributed by atoms with Crippen LogP contribution in [-0.2, 0) is 6.54 Å². The Morgan fingerprint density at radius 1 is 1.03 bits per heavy atom. The summed E-state index contributed by atoms with van der Waals surface area (Å²) in [6, 6.07) is 28.7. The fourth-order valence-corrected chi connectivity index (χ4v) is 5.36. The summed E-state index contributed by atoms with van der Waals surface area (Å²) in [5.74, 6) is 1.71. The molecular formula is C31H28ClN5O2. The van der Waals surface area contributed by atoms with Crippen LogP contribution in [0.3, 0.4) is 0 Å². The molecule has 1 atom stereocenters. The number of rotatable bonds is 5. The van der Waals surface area contributed by atoms with Crippen molar-refractivity contribution >= 4 is 23.3 Å². The third-order valence-electron chi connectivity index (χ3n) is 6.93. The van der Waals surface area contributed by atoms with E-state index in [2.05, 4.69) is 16.0 Å². The van der Waals surface area contributed by atoms with Crippen LogP contribution in [0.1, 0.15) is 35.5 Å². The number of para-hydroxylation sites is 1. The summed E-state index contributed by atoms with van der Waals surface area (Å²) in [6.07, 6.45) is 2.04. The highest BCUT2D eigenvalue weighted by Gasteiger charge is 2.36. The molecule has 0 saturated heterocycles. The van der Waals surface area contributed by atoms with Gasteiger partial charge in [-0.2, -0.15) is 5.10 Å². The van der Waals surface area contributed by atoms with E-state index in [-0.39, 0.29) is 12.1 Å². The van der Waals surface area contributed by atoms with E-state index in [1.807, 2.05) is 102 Å². The molecule has 1 aliphatic heterocycles. The minimum atomic E-state index is -0.370. The van der Waals surface area contributed by atoms with Gasteiger partial charge in [-0.3, -0.25) is 0 Å². The number of halogens is 1. The first-order valence-corrected chi connectivity index (χ1v) is 13.3. The summed E-state index contributed by atoms with van der Waals surface area (Å²) >= 11 is 6.22. The van der Waals surface area contributed by atoms with Crippen molar-refractivity contribution < 1.29 is 9.53 Å². The molecule has 0 aliphatic carbocycles. The normalized spacial score (nSPS) is 14.3. The van der Waals surface area contributed by atoms with Crippen molar-refractivity contribution in [2.75, 3.05) is 11.9 Å². The monoisotopic (exact) mass is 537 g/mol. The number of hydrogen-bond donors (Lipinski definition) is 1. The molecule has 3 aromatic carbocycles. The molecule has 0 saturated carbocycles. The van der Waals surface area contributed by atoms with Gasteiger partial charge in [0.2, 0.25) is 0 Å². The Morgan fingerprint density at radius 2 is 1.82 bits per heavy atom. The zero-order valence-corrected chi connectivity index (χ0v) is 22.5. The van der Waals surface area contributed by atoms with E-state index in [1.54, 1.807) is 12.1 Å². The van der Waals surface area contributed by atoms with Crippen LogP contribution in [0.15, 0.2) is 97.2 Å². The molecule has 0 spiro atoms. The van der Waals surface area contributed by atoms with E-state index < -0.39 is 0 Å². The quantitative estimate of drug-likeness (QED) is 0.259. The Kier molecular flexibility index (Phi) is 6.59. The number of amides is 2. The van der Waals surface area contributed by atoms with Crippen molar-refractivity contribution in [1.82, 2.24) is 19.2 Å². The summed E-state index contributed by atoms with van der Waals surface area (Å²) in [4.78, 5) is 15.9. The van der Waals surface area contributed by atoms with E-state index >= 15 is 0 Å². The molecule has 1 N–H and O–H groups in total. The number of ether oxygens (including phenoxy) is 1. The molecule has 1 aliphatic rings. The first-order valence-electron chi connectivity index (χ1n) is 12.9. The van der Waals surface area contributed by atoms with Crippen LogP contribution in [0.25, 0.3) is 11.5 Å². The number of urea groups is 1. The van der Waals surface area contributed by atoms with E-state index in [0.29, 0.717) is 23.9 Å². The van der Waals surface area contributed by atoms with E-state index in [4.69, 9.17) is 21.4 Å². The zero-order chi connectivity index (χ0) is 26.9. The summed E-state index contributed by atoms with van der Waals surface area (Å²) in [6.45, 7) is 4.90. The predicted molar refractivity (Wildman–Crippen MR) is 153 cm³/mol. The number of carbonyl (C=O) groups is 1. The smallest absolute Gasteiger partial charge is 0.322 e. The summed E-state index contributed by atoms with van der Waals surface area (Å²) in [5.41, 5.74) is 5.36. The molecule has 5 aromatic rings. The van der Waals surface area contributed by atoms with Crippen molar-refractivity contribution in [2.45, 2.75) is 26.4 Å². The molecule has 39 heavy (non-hydrogen) atoms. The van der Waals surface area contributed by atoms with Crippen LogP contribution in [0.2, 0.25) is 5.02 Å². The standard InChI is InChI=1S/C31H28ClN5O2/c1-3-39-26-16-14-22(15-17-26)29-28-13-8-18-35(28)30-27(21(2)34-37(30)25-11-5-4-6-12-25)20-36(29)31(38)33-24-10-7-9-23(32)19-24/h4-19,29H,3,20H2,1-2H3,(H,33,38)/t29-/m1/s1. The summed E-state index contributed by atoms with van der Waals surface area (Å²) in [5, 5.41) is 8.53. The van der Waals surface area contributed by atoms with Gasteiger partial charge in [0.25, 0.3) is 0 Å². The second-order valence-electron chi connectivity index (χ2n) is 9.41. The summed E-state index contributed by atoms with van der Waals surface area (Å²) < 4.78 is 9.80. The van der Waals surface area contributed by atoms with Crippen molar-refractivity contribution in [3.8, 4) is 17.3 Å². The van der Waals surface area contributed by atoms with Gasteiger partial charge in [0.05, 0.1) is 36.3 Å². The number of anilines is 1. The Bertz CT molecular complexity index is 1620. The average molecular weight is 538 g/mol. The first kappa shape index (κ1) is 24.8. The maximum absolute atomic E-state index is 14.0. The van der Waals surface area contributed by atoms with E-state index in [1.165, 1.54) is 0 Å². The average Bonchev–Trinajstić information content (AvgIpc) is 3.50. The Morgan fingerprint density at radius 3 is 2.56 bits per heavy atom. The fourth-order valence-electron chi connectivity index (χ4n) is 5.17. The van der Waals surface area contributed by atoms with Gasteiger partial charge in [-0.25, -0.2) is 9.48 Å². The van der Waals surface area contributed by atoms with Crippen LogP contribution < -0.4 is 10.1 Å². The molecule has 196 valence electrons. The van der Waals surface area contributed by atoms with Gasteiger partial charge < -0.3 is 19.5 Å². The van der Waals surface area contributed by atoms with Crippen LogP contribution in [0.4, 0.5) is 10.5 Å². The maximum atomic E-state index is 14.0.